The van der Waals surface area contributed by atoms with Crippen LogP contribution < -0.4 is 10.6 Å². The maximum Gasteiger partial charge on any atom is 0.0603 e. The Morgan fingerprint density at radius 3 is 2.81 bits per heavy atom. The number of aryl methyl sites for hydroxylation is 1. The van der Waals surface area contributed by atoms with E-state index in [4.69, 9.17) is 5.73 Å². The van der Waals surface area contributed by atoms with Crippen molar-refractivity contribution in [2.75, 3.05) is 17.7 Å². The monoisotopic (exact) mass is 215 g/mol. The number of nitrogens with two attached hydrogens (primary N) is 1. The topological polar surface area (TPSA) is 45.0 Å². The first-order chi connectivity index (χ1) is 7.66. The molecule has 2 aromatic rings. The Kier molecular flexibility index (Phi) is 2.86. The van der Waals surface area contributed by atoms with E-state index in [0.717, 1.165) is 17.9 Å². The molecule has 0 radical (unpaired) electrons. The van der Waals surface area contributed by atoms with Crippen molar-refractivity contribution < 1.29 is 0 Å². The molecular weight excluding hydrogens is 198 g/mol. The number of nitrogen functional groups attached to an aromatic ring is 1. The van der Waals surface area contributed by atoms with E-state index in [1.165, 1.54) is 11.3 Å². The molecule has 0 aliphatic rings. The van der Waals surface area contributed by atoms with E-state index in [1.54, 1.807) is 0 Å². The van der Waals surface area contributed by atoms with Crippen molar-refractivity contribution in [2.45, 2.75) is 13.5 Å². The third-order valence-corrected chi connectivity index (χ3v) is 2.67. The molecule has 84 valence electrons. The highest BCUT2D eigenvalue weighted by Crippen LogP contribution is 2.24. The summed E-state index contributed by atoms with van der Waals surface area (Å²) >= 11 is 0. The summed E-state index contributed by atoms with van der Waals surface area (Å²) < 4.78 is 0. The smallest absolute Gasteiger partial charge is 0.0603 e. The first-order valence-electron chi connectivity index (χ1n) is 5.36. The first-order valence-corrected chi connectivity index (χ1v) is 5.36. The second-order valence-electron chi connectivity index (χ2n) is 4.11. The Labute approximate surface area is 95.9 Å². The molecule has 1 aromatic carbocycles. The average Bonchev–Trinajstić information content (AvgIpc) is 2.74. The lowest BCUT2D eigenvalue weighted by Gasteiger charge is -2.21. The Balaban J connectivity index is 2.20. The fraction of sp³-hybridized carbons (Fsp3) is 0.231. The van der Waals surface area contributed by atoms with Gasteiger partial charge in [-0.15, -0.1) is 0 Å². The van der Waals surface area contributed by atoms with E-state index < -0.39 is 0 Å². The van der Waals surface area contributed by atoms with Gasteiger partial charge in [0.1, 0.15) is 0 Å². The Morgan fingerprint density at radius 1 is 1.31 bits per heavy atom. The van der Waals surface area contributed by atoms with Gasteiger partial charge in [0.25, 0.3) is 0 Å². The van der Waals surface area contributed by atoms with Gasteiger partial charge in [0, 0.05) is 18.9 Å². The Hall–Kier alpha value is -1.90. The first kappa shape index (κ1) is 10.6. The fourth-order valence-corrected chi connectivity index (χ4v) is 1.79. The number of nitrogens with one attached hydrogen (secondary N) is 1. The molecule has 3 heteroatoms. The predicted molar refractivity (Wildman–Crippen MR) is 68.5 cm³/mol. The number of anilines is 2. The van der Waals surface area contributed by atoms with Gasteiger partial charge >= 0.3 is 0 Å². The maximum atomic E-state index is 5.97. The second-order valence-corrected chi connectivity index (χ2v) is 4.11. The summed E-state index contributed by atoms with van der Waals surface area (Å²) in [5, 5.41) is 0. The third-order valence-electron chi connectivity index (χ3n) is 2.67. The maximum absolute atomic E-state index is 5.97. The lowest BCUT2D eigenvalue weighted by Crippen LogP contribution is -2.18. The minimum Gasteiger partial charge on any atom is -0.397 e. The van der Waals surface area contributed by atoms with Crippen molar-refractivity contribution >= 4 is 11.4 Å². The van der Waals surface area contributed by atoms with Gasteiger partial charge in [-0.25, -0.2) is 0 Å². The number of aromatic nitrogens is 1. The fourth-order valence-electron chi connectivity index (χ4n) is 1.79. The molecule has 3 nitrogen and oxygen atoms in total. The molecular formula is C13H17N3. The minimum absolute atomic E-state index is 0.819. The van der Waals surface area contributed by atoms with E-state index in [9.17, 15) is 0 Å². The van der Waals surface area contributed by atoms with Crippen LogP contribution in [0.4, 0.5) is 11.4 Å². The van der Waals surface area contributed by atoms with Crippen LogP contribution in [0.15, 0.2) is 36.5 Å². The number of benzene rings is 1. The van der Waals surface area contributed by atoms with Gasteiger partial charge in [-0.1, -0.05) is 6.07 Å². The molecule has 3 N–H and O–H groups in total. The van der Waals surface area contributed by atoms with Crippen molar-refractivity contribution in [1.29, 1.82) is 0 Å². The molecule has 0 fully saturated rings. The zero-order valence-corrected chi connectivity index (χ0v) is 9.70. The molecule has 0 spiro atoms. The second kappa shape index (κ2) is 4.31. The normalized spacial score (nSPS) is 10.4. The summed E-state index contributed by atoms with van der Waals surface area (Å²) in [6.07, 6.45) is 1.93. The number of hydrogen-bond acceptors (Lipinski definition) is 2. The predicted octanol–water partition coefficient (Wildman–Crippen LogP) is 2.54. The quantitative estimate of drug-likeness (QED) is 0.773. The molecule has 0 aliphatic heterocycles. The van der Waals surface area contributed by atoms with Crippen molar-refractivity contribution in [3.63, 3.8) is 0 Å². The molecule has 0 unspecified atom stereocenters. The summed E-state index contributed by atoms with van der Waals surface area (Å²) in [7, 11) is 2.05. The van der Waals surface area contributed by atoms with E-state index >= 15 is 0 Å². The summed E-state index contributed by atoms with van der Waals surface area (Å²) in [4.78, 5) is 5.34. The lowest BCUT2D eigenvalue weighted by atomic mass is 10.2. The van der Waals surface area contributed by atoms with Crippen LogP contribution >= 0.6 is 0 Å². The largest absolute Gasteiger partial charge is 0.397 e. The zero-order valence-electron chi connectivity index (χ0n) is 9.70. The van der Waals surface area contributed by atoms with Crippen LogP contribution in [0.5, 0.6) is 0 Å². The summed E-state index contributed by atoms with van der Waals surface area (Å²) in [5.41, 5.74) is 10.3. The molecule has 0 atom stereocenters. The highest BCUT2D eigenvalue weighted by Gasteiger charge is 2.06. The molecule has 0 amide bonds. The SMILES string of the molecule is Cc1ccc(N)c(N(C)Cc2ccc[nH]2)c1. The van der Waals surface area contributed by atoms with Gasteiger partial charge < -0.3 is 15.6 Å². The van der Waals surface area contributed by atoms with Crippen LogP contribution in [-0.2, 0) is 6.54 Å². The Bertz CT molecular complexity index is 460. The van der Waals surface area contributed by atoms with E-state index in [0.29, 0.717) is 0 Å². The van der Waals surface area contributed by atoms with Gasteiger partial charge in [-0.2, -0.15) is 0 Å². The minimum atomic E-state index is 0.819. The molecule has 2 rings (SSSR count). The number of nitrogens with zero attached hydrogens (tertiary/aromatic N) is 1. The van der Waals surface area contributed by atoms with E-state index in [1.807, 2.05) is 31.4 Å². The van der Waals surface area contributed by atoms with Crippen molar-refractivity contribution in [3.05, 3.63) is 47.8 Å². The number of H-pyrrole nitrogens is 1. The average molecular weight is 215 g/mol. The zero-order chi connectivity index (χ0) is 11.5. The summed E-state index contributed by atoms with van der Waals surface area (Å²) in [5.74, 6) is 0. The van der Waals surface area contributed by atoms with Crippen LogP contribution in [0.2, 0.25) is 0 Å². The number of aromatic amines is 1. The molecule has 0 aliphatic carbocycles. The van der Waals surface area contributed by atoms with Gasteiger partial charge in [0.05, 0.1) is 17.9 Å². The highest BCUT2D eigenvalue weighted by atomic mass is 15.1. The number of hydrogen-bond donors (Lipinski definition) is 2. The van der Waals surface area contributed by atoms with Crippen molar-refractivity contribution in [3.8, 4) is 0 Å². The molecule has 1 heterocycles. The summed E-state index contributed by atoms with van der Waals surface area (Å²) in [6, 6.07) is 10.2. The van der Waals surface area contributed by atoms with Crippen molar-refractivity contribution in [1.82, 2.24) is 4.98 Å². The highest BCUT2D eigenvalue weighted by molar-refractivity contribution is 5.68. The summed E-state index contributed by atoms with van der Waals surface area (Å²) in [6.45, 7) is 2.91. The molecule has 0 saturated heterocycles. The van der Waals surface area contributed by atoms with E-state index in [-0.39, 0.29) is 0 Å². The van der Waals surface area contributed by atoms with Gasteiger partial charge in [0.15, 0.2) is 0 Å². The number of rotatable bonds is 3. The van der Waals surface area contributed by atoms with Crippen LogP contribution in [0, 0.1) is 6.92 Å². The lowest BCUT2D eigenvalue weighted by molar-refractivity contribution is 0.895. The third kappa shape index (κ3) is 2.19. The Morgan fingerprint density at radius 2 is 2.12 bits per heavy atom. The van der Waals surface area contributed by atoms with E-state index in [2.05, 4.69) is 28.9 Å². The van der Waals surface area contributed by atoms with Gasteiger partial charge in [-0.05, 0) is 36.8 Å². The van der Waals surface area contributed by atoms with Crippen LogP contribution in [0.1, 0.15) is 11.3 Å². The van der Waals surface area contributed by atoms with Crippen molar-refractivity contribution in [2.24, 2.45) is 0 Å². The van der Waals surface area contributed by atoms with Gasteiger partial charge in [0.2, 0.25) is 0 Å². The van der Waals surface area contributed by atoms with Gasteiger partial charge in [-0.3, -0.25) is 0 Å². The van der Waals surface area contributed by atoms with Crippen LogP contribution in [-0.4, -0.2) is 12.0 Å². The van der Waals surface area contributed by atoms with Crippen LogP contribution in [0.25, 0.3) is 0 Å². The molecule has 0 saturated carbocycles. The van der Waals surface area contributed by atoms with Crippen LogP contribution in [0.3, 0.4) is 0 Å². The molecule has 16 heavy (non-hydrogen) atoms. The molecule has 1 aromatic heterocycles. The molecule has 0 bridgehead atoms. The standard InChI is InChI=1S/C13H17N3/c1-10-5-6-12(14)13(8-10)16(2)9-11-4-3-7-15-11/h3-8,15H,9,14H2,1-2H3.